The van der Waals surface area contributed by atoms with Crippen molar-refractivity contribution in [1.82, 2.24) is 0 Å². The van der Waals surface area contributed by atoms with E-state index in [4.69, 9.17) is 4.42 Å². The average molecular weight is 703 g/mol. The first-order valence-corrected chi connectivity index (χ1v) is 18.8. The Bertz CT molecular complexity index is 3160. The minimum Gasteiger partial charge on any atom is -0.455 e. The molecule has 0 aliphatic heterocycles. The van der Waals surface area contributed by atoms with Gasteiger partial charge in [-0.2, -0.15) is 0 Å². The van der Waals surface area contributed by atoms with Crippen molar-refractivity contribution in [2.45, 2.75) is 0 Å². The lowest BCUT2D eigenvalue weighted by molar-refractivity contribution is 0.673. The Morgan fingerprint density at radius 2 is 0.727 bits per heavy atom. The first-order valence-electron chi connectivity index (χ1n) is 18.8. The van der Waals surface area contributed by atoms with Crippen molar-refractivity contribution in [3.05, 3.63) is 206 Å². The van der Waals surface area contributed by atoms with E-state index in [9.17, 15) is 0 Å². The smallest absolute Gasteiger partial charge is 0.143 e. The van der Waals surface area contributed by atoms with Crippen LogP contribution in [-0.2, 0) is 0 Å². The second-order valence-corrected chi connectivity index (χ2v) is 14.2. The number of anilines is 6. The predicted octanol–water partition coefficient (Wildman–Crippen LogP) is 15.1. The Balaban J connectivity index is 1.13. The summed E-state index contributed by atoms with van der Waals surface area (Å²) in [6, 6.07) is 73.9. The van der Waals surface area contributed by atoms with Crippen LogP contribution in [0.5, 0.6) is 0 Å². The number of furan rings is 1. The molecule has 0 unspecified atom stereocenters. The van der Waals surface area contributed by atoms with Crippen LogP contribution >= 0.6 is 0 Å². The van der Waals surface area contributed by atoms with Gasteiger partial charge in [0, 0.05) is 50.3 Å². The summed E-state index contributed by atoms with van der Waals surface area (Å²) in [6.45, 7) is 0. The molecule has 55 heavy (non-hydrogen) atoms. The molecule has 11 rings (SSSR count). The van der Waals surface area contributed by atoms with Crippen molar-refractivity contribution >= 4 is 99.2 Å². The molecule has 0 bridgehead atoms. The normalized spacial score (nSPS) is 11.6. The second kappa shape index (κ2) is 12.6. The van der Waals surface area contributed by atoms with E-state index in [1.54, 1.807) is 0 Å². The van der Waals surface area contributed by atoms with Gasteiger partial charge in [0.25, 0.3) is 0 Å². The van der Waals surface area contributed by atoms with Crippen LogP contribution < -0.4 is 9.80 Å². The van der Waals surface area contributed by atoms with Crippen LogP contribution in [0.25, 0.3) is 65.0 Å². The van der Waals surface area contributed by atoms with E-state index < -0.39 is 0 Å². The van der Waals surface area contributed by atoms with Crippen LogP contribution in [0.15, 0.2) is 211 Å². The quantitative estimate of drug-likeness (QED) is 0.127. The fraction of sp³-hybridized carbons (Fsp3) is 0. The van der Waals surface area contributed by atoms with E-state index in [0.29, 0.717) is 0 Å². The molecule has 0 aliphatic carbocycles. The van der Waals surface area contributed by atoms with Gasteiger partial charge in [0.2, 0.25) is 0 Å². The van der Waals surface area contributed by atoms with Crippen LogP contribution in [0.4, 0.5) is 34.1 Å². The number of nitrogens with zero attached hydrogens (tertiary/aromatic N) is 2. The monoisotopic (exact) mass is 702 g/mol. The third-order valence-corrected chi connectivity index (χ3v) is 10.9. The fourth-order valence-corrected chi connectivity index (χ4v) is 8.40. The van der Waals surface area contributed by atoms with Gasteiger partial charge in [-0.25, -0.2) is 0 Å². The van der Waals surface area contributed by atoms with Crippen LogP contribution in [0.3, 0.4) is 0 Å². The lowest BCUT2D eigenvalue weighted by Crippen LogP contribution is -2.12. The van der Waals surface area contributed by atoms with Gasteiger partial charge in [0.05, 0.1) is 0 Å². The van der Waals surface area contributed by atoms with Crippen molar-refractivity contribution < 1.29 is 4.42 Å². The summed E-state index contributed by atoms with van der Waals surface area (Å²) in [6.07, 6.45) is 0. The Morgan fingerprint density at radius 3 is 1.42 bits per heavy atom. The van der Waals surface area contributed by atoms with Gasteiger partial charge in [-0.3, -0.25) is 0 Å². The molecule has 3 nitrogen and oxygen atoms in total. The summed E-state index contributed by atoms with van der Waals surface area (Å²) < 4.78 is 6.72. The van der Waals surface area contributed by atoms with E-state index in [0.717, 1.165) is 61.4 Å². The minimum absolute atomic E-state index is 0.899. The highest BCUT2D eigenvalue weighted by Gasteiger charge is 2.20. The Hall–Kier alpha value is -7.36. The maximum atomic E-state index is 6.72. The molecule has 0 atom stereocenters. The largest absolute Gasteiger partial charge is 0.455 e. The third kappa shape index (κ3) is 5.20. The van der Waals surface area contributed by atoms with Gasteiger partial charge in [0.1, 0.15) is 11.2 Å². The number of fused-ring (bicyclic) bond motifs is 10. The molecule has 3 heteroatoms. The number of hydrogen-bond donors (Lipinski definition) is 0. The summed E-state index contributed by atoms with van der Waals surface area (Å²) in [5.74, 6) is 0. The van der Waals surface area contributed by atoms with E-state index >= 15 is 0 Å². The Labute approximate surface area is 318 Å². The van der Waals surface area contributed by atoms with Gasteiger partial charge < -0.3 is 14.2 Å². The van der Waals surface area contributed by atoms with Crippen molar-refractivity contribution in [3.63, 3.8) is 0 Å². The number of rotatable bonds is 6. The van der Waals surface area contributed by atoms with E-state index in [1.807, 2.05) is 6.07 Å². The lowest BCUT2D eigenvalue weighted by Gasteiger charge is -2.28. The molecule has 0 aliphatic rings. The maximum Gasteiger partial charge on any atom is 0.143 e. The minimum atomic E-state index is 0.899. The van der Waals surface area contributed by atoms with Crippen LogP contribution in [0, 0.1) is 0 Å². The zero-order valence-electron chi connectivity index (χ0n) is 29.9. The standard InChI is InChI=1S/C52H34N2O/c1-3-15-39(16-4-1)53(40-17-5-2-6-18-40)41-25-27-42(28-26-41)54(43-24-23-37-31-35-13-7-8-14-36(35)32-38(37)33-43)44-29-30-46-45-19-9-10-20-47(45)51-48-21-11-12-22-50(48)55-52(51)49(46)34-44/h1-34H. The summed E-state index contributed by atoms with van der Waals surface area (Å²) in [7, 11) is 0. The molecule has 0 N–H and O–H groups in total. The number of hydrogen-bond acceptors (Lipinski definition) is 3. The summed E-state index contributed by atoms with van der Waals surface area (Å²) in [5, 5.41) is 11.9. The first-order chi connectivity index (χ1) is 27.3. The topological polar surface area (TPSA) is 19.6 Å². The molecule has 0 radical (unpaired) electrons. The molecule has 0 saturated heterocycles. The van der Waals surface area contributed by atoms with E-state index in [2.05, 4.69) is 210 Å². The highest BCUT2D eigenvalue weighted by molar-refractivity contribution is 6.30. The maximum absolute atomic E-state index is 6.72. The molecular formula is C52H34N2O. The van der Waals surface area contributed by atoms with Crippen molar-refractivity contribution in [3.8, 4) is 0 Å². The molecule has 0 amide bonds. The summed E-state index contributed by atoms with van der Waals surface area (Å²) >= 11 is 0. The SMILES string of the molecule is c1ccc(N(c2ccccc2)c2ccc(N(c3ccc4cc5ccccc5cc4c3)c3ccc4c5ccccc5c5c6ccccc6oc5c4c3)cc2)cc1. The molecule has 11 aromatic rings. The van der Waals surface area contributed by atoms with Crippen molar-refractivity contribution in [2.75, 3.05) is 9.80 Å². The van der Waals surface area contributed by atoms with Gasteiger partial charge >= 0.3 is 0 Å². The average Bonchev–Trinajstić information content (AvgIpc) is 3.65. The first kappa shape index (κ1) is 31.2. The molecule has 0 saturated carbocycles. The molecule has 1 aromatic heterocycles. The van der Waals surface area contributed by atoms with Crippen LogP contribution in [0.1, 0.15) is 0 Å². The molecule has 0 fully saturated rings. The lowest BCUT2D eigenvalue weighted by atomic mass is 9.96. The molecule has 10 aromatic carbocycles. The molecule has 1 heterocycles. The molecule has 0 spiro atoms. The van der Waals surface area contributed by atoms with E-state index in [1.165, 1.54) is 37.7 Å². The van der Waals surface area contributed by atoms with Gasteiger partial charge in [-0.1, -0.05) is 115 Å². The zero-order chi connectivity index (χ0) is 36.3. The van der Waals surface area contributed by atoms with Gasteiger partial charge in [-0.15, -0.1) is 0 Å². The van der Waals surface area contributed by atoms with Crippen molar-refractivity contribution in [2.24, 2.45) is 0 Å². The van der Waals surface area contributed by atoms with Crippen molar-refractivity contribution in [1.29, 1.82) is 0 Å². The van der Waals surface area contributed by atoms with Gasteiger partial charge in [0.15, 0.2) is 0 Å². The Kier molecular flexibility index (Phi) is 7.17. The number of benzene rings is 10. The third-order valence-electron chi connectivity index (χ3n) is 10.9. The Morgan fingerprint density at radius 1 is 0.273 bits per heavy atom. The highest BCUT2D eigenvalue weighted by Crippen LogP contribution is 2.45. The van der Waals surface area contributed by atoms with Crippen LogP contribution in [0.2, 0.25) is 0 Å². The predicted molar refractivity (Wildman–Crippen MR) is 233 cm³/mol. The summed E-state index contributed by atoms with van der Waals surface area (Å²) in [5.41, 5.74) is 8.31. The summed E-state index contributed by atoms with van der Waals surface area (Å²) in [4.78, 5) is 4.67. The molecule has 258 valence electrons. The highest BCUT2D eigenvalue weighted by atomic mass is 16.3. The molecular weight excluding hydrogens is 669 g/mol. The zero-order valence-corrected chi connectivity index (χ0v) is 29.9. The fourth-order valence-electron chi connectivity index (χ4n) is 8.40. The van der Waals surface area contributed by atoms with Crippen LogP contribution in [-0.4, -0.2) is 0 Å². The van der Waals surface area contributed by atoms with Gasteiger partial charge in [-0.05, 0) is 129 Å². The van der Waals surface area contributed by atoms with E-state index in [-0.39, 0.29) is 0 Å². The number of para-hydroxylation sites is 3. The second-order valence-electron chi connectivity index (χ2n) is 14.2.